The molecule has 10 heteroatoms. The molecular weight excluding hydrogens is 712 g/mol. The lowest BCUT2D eigenvalue weighted by Gasteiger charge is -2.41. The number of benzene rings is 2. The maximum absolute atomic E-state index is 14.5. The molecule has 0 spiro atoms. The van der Waals surface area contributed by atoms with Gasteiger partial charge in [0.2, 0.25) is 17.7 Å². The molecule has 2 atom stereocenters. The van der Waals surface area contributed by atoms with Crippen molar-refractivity contribution in [1.82, 2.24) is 19.8 Å². The molecule has 2 saturated carbocycles. The van der Waals surface area contributed by atoms with Gasteiger partial charge >= 0.3 is 0 Å². The Morgan fingerprint density at radius 1 is 0.714 bits per heavy atom. The highest BCUT2D eigenvalue weighted by molar-refractivity contribution is 6.03. The van der Waals surface area contributed by atoms with Gasteiger partial charge in [-0.2, -0.15) is 0 Å². The molecule has 6 rings (SSSR count). The van der Waals surface area contributed by atoms with Gasteiger partial charge in [-0.1, -0.05) is 90.1 Å². The Bertz CT molecular complexity index is 1930. The number of hydrogen-bond donors (Lipinski definition) is 1. The van der Waals surface area contributed by atoms with Gasteiger partial charge in [-0.25, -0.2) is 18.2 Å². The van der Waals surface area contributed by atoms with Gasteiger partial charge < -0.3 is 14.8 Å². The summed E-state index contributed by atoms with van der Waals surface area (Å²) in [7, 11) is 3.64. The van der Waals surface area contributed by atoms with Crippen LogP contribution < -0.4 is 0 Å². The van der Waals surface area contributed by atoms with Crippen LogP contribution in [0.1, 0.15) is 124 Å². The summed E-state index contributed by atoms with van der Waals surface area (Å²) in [6.07, 6.45) is 6.24. The molecular formula is C46H60F3N5O2. The monoisotopic (exact) mass is 771 g/mol. The molecule has 2 fully saturated rings. The molecule has 0 saturated heterocycles. The van der Waals surface area contributed by atoms with E-state index in [1.165, 1.54) is 0 Å². The van der Waals surface area contributed by atoms with E-state index in [-0.39, 0.29) is 72.2 Å². The molecule has 0 unspecified atom stereocenters. The Morgan fingerprint density at radius 2 is 1.16 bits per heavy atom. The number of aromatic nitrogens is 2. The zero-order valence-corrected chi connectivity index (χ0v) is 34.7. The Hall–Kier alpha value is -4.21. The minimum absolute atomic E-state index is 0.0487. The van der Waals surface area contributed by atoms with E-state index in [9.17, 15) is 22.8 Å². The van der Waals surface area contributed by atoms with E-state index in [0.29, 0.717) is 32.1 Å². The average molecular weight is 772 g/mol. The number of rotatable bonds is 9. The molecule has 7 nitrogen and oxygen atoms in total. The first-order chi connectivity index (χ1) is 26.1. The number of aromatic amines is 1. The van der Waals surface area contributed by atoms with E-state index < -0.39 is 11.6 Å². The molecule has 2 heterocycles. The van der Waals surface area contributed by atoms with Crippen molar-refractivity contribution in [1.29, 1.82) is 0 Å². The number of carbonyl (C=O) groups is 2. The lowest BCUT2D eigenvalue weighted by molar-refractivity contribution is -0.141. The van der Waals surface area contributed by atoms with Crippen LogP contribution in [0, 0.1) is 22.7 Å². The van der Waals surface area contributed by atoms with Crippen LogP contribution in [0.4, 0.5) is 13.2 Å². The van der Waals surface area contributed by atoms with E-state index in [1.54, 1.807) is 18.9 Å². The average Bonchev–Trinajstić information content (AvgIpc) is 3.81. The van der Waals surface area contributed by atoms with Crippen molar-refractivity contribution in [2.75, 3.05) is 14.1 Å². The molecule has 1 aromatic heterocycles. The third kappa shape index (κ3) is 9.15. The van der Waals surface area contributed by atoms with Crippen LogP contribution in [-0.2, 0) is 9.59 Å². The van der Waals surface area contributed by atoms with Crippen molar-refractivity contribution in [3.05, 3.63) is 72.3 Å². The summed E-state index contributed by atoms with van der Waals surface area (Å²) in [5, 5.41) is 0. The van der Waals surface area contributed by atoms with E-state index in [4.69, 9.17) is 9.98 Å². The maximum atomic E-state index is 14.5. The van der Waals surface area contributed by atoms with Crippen LogP contribution in [0.2, 0.25) is 0 Å². The molecule has 1 N–H and O–H groups in total. The first kappa shape index (κ1) is 41.4. The Balaban J connectivity index is 1.10. The molecule has 2 aromatic carbocycles. The molecule has 2 aliphatic carbocycles. The second kappa shape index (κ2) is 15.6. The van der Waals surface area contributed by atoms with E-state index >= 15 is 0 Å². The molecule has 56 heavy (non-hydrogen) atoms. The lowest BCUT2D eigenvalue weighted by atomic mass is 9.79. The number of allylic oxidation sites excluding steroid dienone is 1. The number of carbonyl (C=O) groups excluding carboxylic acids is 2. The molecule has 3 aromatic rings. The minimum Gasteiger partial charge on any atom is -0.340 e. The van der Waals surface area contributed by atoms with Gasteiger partial charge in [-0.15, -0.1) is 0 Å². The zero-order valence-electron chi connectivity index (χ0n) is 34.7. The van der Waals surface area contributed by atoms with Crippen LogP contribution in [0.5, 0.6) is 0 Å². The van der Waals surface area contributed by atoms with Crippen molar-refractivity contribution in [2.24, 2.45) is 27.7 Å². The van der Waals surface area contributed by atoms with Gasteiger partial charge in [0.1, 0.15) is 11.5 Å². The molecule has 2 amide bonds. The quantitative estimate of drug-likeness (QED) is 0.235. The first-order valence-corrected chi connectivity index (χ1v) is 20.3. The third-order valence-electron chi connectivity index (χ3n) is 12.3. The number of amides is 2. The first-order valence-electron chi connectivity index (χ1n) is 20.3. The smallest absolute Gasteiger partial charge is 0.248 e. The van der Waals surface area contributed by atoms with Gasteiger partial charge in [0.15, 0.2) is 0 Å². The van der Waals surface area contributed by atoms with Gasteiger partial charge in [0, 0.05) is 57.1 Å². The standard InChI is InChI=1S/C46H60F3N5O2/c1-43(2,3)38(53(8)41(55)34-20-24-46(48,49)25-21-34)36-26-35(27-50-36)31-12-10-29(11-13-31)30-14-16-32(17-15-30)37-28-51-40(52-37)39(44(4,5)6)54(9)42(56)33-18-22-45(7,47)23-19-33/h10-17,27-28,33-34,38-39H,18-26H2,1-9H3,(H,51,52)/t33?,38-,39-,45?/m1/s1. The molecule has 0 radical (unpaired) electrons. The van der Waals surface area contributed by atoms with Gasteiger partial charge in [0.25, 0.3) is 0 Å². The van der Waals surface area contributed by atoms with Crippen molar-refractivity contribution in [3.8, 4) is 22.4 Å². The number of imidazole rings is 1. The second-order valence-electron chi connectivity index (χ2n) is 19.0. The van der Waals surface area contributed by atoms with Crippen molar-refractivity contribution in [3.63, 3.8) is 0 Å². The summed E-state index contributed by atoms with van der Waals surface area (Å²) in [4.78, 5) is 43.8. The number of H-pyrrole nitrogens is 1. The number of alkyl halides is 3. The highest BCUT2D eigenvalue weighted by atomic mass is 19.3. The topological polar surface area (TPSA) is 81.7 Å². The molecule has 3 aliphatic rings. The van der Waals surface area contributed by atoms with Crippen LogP contribution in [-0.4, -0.2) is 69.0 Å². The SMILES string of the molecule is CN(C(=O)C1CCC(F)(F)CC1)[C@H](C1=NC=C(c2ccc(-c3ccc(-c4cnc([C@@H](N(C)C(=O)C5CCC(C)(F)CC5)C(C)(C)C)[nH]4)cc3)cc2)C1)C(C)(C)C. The normalized spacial score (nSPS) is 22.9. The molecule has 302 valence electrons. The van der Waals surface area contributed by atoms with Crippen LogP contribution in [0.25, 0.3) is 28.0 Å². The lowest BCUT2D eigenvalue weighted by Crippen LogP contribution is -2.52. The minimum atomic E-state index is -2.67. The summed E-state index contributed by atoms with van der Waals surface area (Å²) in [6, 6.07) is 16.2. The Morgan fingerprint density at radius 3 is 1.66 bits per heavy atom. The second-order valence-corrected chi connectivity index (χ2v) is 19.0. The maximum Gasteiger partial charge on any atom is 0.248 e. The van der Waals surface area contributed by atoms with Crippen molar-refractivity contribution < 1.29 is 22.8 Å². The fourth-order valence-corrected chi connectivity index (χ4v) is 9.20. The van der Waals surface area contributed by atoms with Crippen molar-refractivity contribution >= 4 is 23.1 Å². The highest BCUT2D eigenvalue weighted by Gasteiger charge is 2.43. The van der Waals surface area contributed by atoms with Gasteiger partial charge in [-0.3, -0.25) is 14.6 Å². The number of aliphatic imine (C=N–C) groups is 1. The molecule has 0 bridgehead atoms. The fourth-order valence-electron chi connectivity index (χ4n) is 9.20. The van der Waals surface area contributed by atoms with E-state index in [1.807, 2.05) is 24.3 Å². The Kier molecular flexibility index (Phi) is 11.6. The number of nitrogens with one attached hydrogen (secondary N) is 1. The van der Waals surface area contributed by atoms with E-state index in [0.717, 1.165) is 45.1 Å². The van der Waals surface area contributed by atoms with Gasteiger partial charge in [0.05, 0.1) is 24.0 Å². The summed E-state index contributed by atoms with van der Waals surface area (Å²) < 4.78 is 42.1. The summed E-state index contributed by atoms with van der Waals surface area (Å²) in [5.41, 5.74) is 5.27. The third-order valence-corrected chi connectivity index (χ3v) is 12.3. The summed E-state index contributed by atoms with van der Waals surface area (Å²) in [5.74, 6) is -2.53. The highest BCUT2D eigenvalue weighted by Crippen LogP contribution is 2.42. The zero-order chi connectivity index (χ0) is 40.8. The number of nitrogens with zero attached hydrogens (tertiary/aromatic N) is 4. The molecule has 1 aliphatic heterocycles. The van der Waals surface area contributed by atoms with Crippen molar-refractivity contribution in [2.45, 2.75) is 130 Å². The largest absolute Gasteiger partial charge is 0.340 e. The predicted molar refractivity (Wildman–Crippen MR) is 219 cm³/mol. The van der Waals surface area contributed by atoms with Gasteiger partial charge in [-0.05, 0) is 84.1 Å². The summed E-state index contributed by atoms with van der Waals surface area (Å²) >= 11 is 0. The number of halogens is 3. The van der Waals surface area contributed by atoms with Crippen LogP contribution >= 0.6 is 0 Å². The summed E-state index contributed by atoms with van der Waals surface area (Å²) in [6.45, 7) is 14.2. The van der Waals surface area contributed by atoms with Crippen LogP contribution in [0.15, 0.2) is 65.9 Å². The van der Waals surface area contributed by atoms with E-state index in [2.05, 4.69) is 95.1 Å². The van der Waals surface area contributed by atoms with Crippen LogP contribution in [0.3, 0.4) is 0 Å². The Labute approximate surface area is 331 Å². The number of hydrogen-bond acceptors (Lipinski definition) is 4. The fraction of sp³-hybridized carbons (Fsp3) is 0.565. The predicted octanol–water partition coefficient (Wildman–Crippen LogP) is 11.1.